The molecule has 6 heteroatoms. The highest BCUT2D eigenvalue weighted by molar-refractivity contribution is 8.01. The zero-order valence-electron chi connectivity index (χ0n) is 12.4. The highest BCUT2D eigenvalue weighted by Crippen LogP contribution is 2.47. The van der Waals surface area contributed by atoms with Crippen molar-refractivity contribution in [3.63, 3.8) is 0 Å². The summed E-state index contributed by atoms with van der Waals surface area (Å²) in [6.07, 6.45) is 1.91. The maximum Gasteiger partial charge on any atom is 0.243 e. The first-order chi connectivity index (χ1) is 9.39. The maximum atomic E-state index is 12.5. The zero-order valence-corrected chi connectivity index (χ0v) is 13.2. The Bertz CT molecular complexity index is 402. The Morgan fingerprint density at radius 2 is 2.30 bits per heavy atom. The summed E-state index contributed by atoms with van der Waals surface area (Å²) in [6.45, 7) is 6.15. The van der Waals surface area contributed by atoms with Gasteiger partial charge in [-0.2, -0.15) is 0 Å². The average molecular weight is 300 g/mol. The van der Waals surface area contributed by atoms with Crippen molar-refractivity contribution in [1.82, 2.24) is 10.2 Å². The van der Waals surface area contributed by atoms with E-state index < -0.39 is 0 Å². The zero-order chi connectivity index (χ0) is 14.9. The number of rotatable bonds is 5. The van der Waals surface area contributed by atoms with Crippen LogP contribution in [-0.4, -0.2) is 51.1 Å². The Labute approximate surface area is 124 Å². The summed E-state index contributed by atoms with van der Waals surface area (Å²) >= 11 is 1.70. The number of nitrogens with zero attached hydrogens (tertiary/aromatic N) is 1. The number of carbonyl (C=O) groups excluding carboxylic acids is 2. The number of hydrogen-bond donors (Lipinski definition) is 2. The molecule has 0 aromatic heterocycles. The molecule has 0 aromatic rings. The number of amides is 2. The molecular weight excluding hydrogens is 276 g/mol. The maximum absolute atomic E-state index is 12.5. The van der Waals surface area contributed by atoms with Crippen molar-refractivity contribution in [3.05, 3.63) is 0 Å². The van der Waals surface area contributed by atoms with Gasteiger partial charge in [0.1, 0.15) is 6.04 Å². The number of carbonyl (C=O) groups is 2. The van der Waals surface area contributed by atoms with Gasteiger partial charge in [-0.25, -0.2) is 0 Å². The van der Waals surface area contributed by atoms with Gasteiger partial charge in [-0.1, -0.05) is 13.8 Å². The first-order valence-electron chi connectivity index (χ1n) is 7.26. The molecular formula is C14H24N2O3S. The Morgan fingerprint density at radius 1 is 1.60 bits per heavy atom. The van der Waals surface area contributed by atoms with E-state index in [1.165, 1.54) is 0 Å². The molecule has 2 saturated heterocycles. The minimum absolute atomic E-state index is 0.0398. The molecule has 2 rings (SSSR count). The third-order valence-corrected chi connectivity index (χ3v) is 5.83. The van der Waals surface area contributed by atoms with Crippen molar-refractivity contribution < 1.29 is 14.7 Å². The lowest BCUT2D eigenvalue weighted by molar-refractivity contribution is -0.138. The second kappa shape index (κ2) is 5.93. The molecule has 2 N–H and O–H groups in total. The lowest BCUT2D eigenvalue weighted by Crippen LogP contribution is -2.53. The molecule has 2 amide bonds. The fourth-order valence-corrected chi connectivity index (χ4v) is 4.44. The fourth-order valence-electron chi connectivity index (χ4n) is 3.00. The van der Waals surface area contributed by atoms with Crippen LogP contribution >= 0.6 is 11.8 Å². The molecule has 2 aliphatic heterocycles. The highest BCUT2D eigenvalue weighted by atomic mass is 32.2. The molecule has 2 aliphatic rings. The molecule has 0 bridgehead atoms. The van der Waals surface area contributed by atoms with E-state index in [4.69, 9.17) is 5.11 Å². The van der Waals surface area contributed by atoms with Crippen molar-refractivity contribution in [2.45, 2.75) is 57.0 Å². The van der Waals surface area contributed by atoms with Crippen molar-refractivity contribution in [2.24, 2.45) is 5.92 Å². The van der Waals surface area contributed by atoms with Crippen LogP contribution in [0.5, 0.6) is 0 Å². The van der Waals surface area contributed by atoms with Gasteiger partial charge < -0.3 is 15.3 Å². The Hall–Kier alpha value is -0.750. The molecule has 0 aliphatic carbocycles. The van der Waals surface area contributed by atoms with Crippen LogP contribution in [0.1, 0.15) is 40.0 Å². The molecule has 2 fully saturated rings. The van der Waals surface area contributed by atoms with E-state index in [1.807, 2.05) is 20.8 Å². The Morgan fingerprint density at radius 3 is 2.90 bits per heavy atom. The second-order valence-electron chi connectivity index (χ2n) is 6.14. The van der Waals surface area contributed by atoms with Gasteiger partial charge >= 0.3 is 0 Å². The summed E-state index contributed by atoms with van der Waals surface area (Å²) in [5.74, 6) is 0.934. The Balaban J connectivity index is 2.04. The summed E-state index contributed by atoms with van der Waals surface area (Å²) in [5.41, 5.74) is 0. The normalized spacial score (nSPS) is 30.8. The number of hydrogen-bond acceptors (Lipinski definition) is 4. The lowest BCUT2D eigenvalue weighted by Gasteiger charge is -2.31. The van der Waals surface area contributed by atoms with Gasteiger partial charge in [0.25, 0.3) is 0 Å². The van der Waals surface area contributed by atoms with Gasteiger partial charge in [0.2, 0.25) is 11.8 Å². The van der Waals surface area contributed by atoms with Crippen LogP contribution in [0.4, 0.5) is 0 Å². The van der Waals surface area contributed by atoms with Crippen molar-refractivity contribution >= 4 is 23.6 Å². The van der Waals surface area contributed by atoms with E-state index in [-0.39, 0.29) is 41.3 Å². The summed E-state index contributed by atoms with van der Waals surface area (Å²) < 4.78 is 0. The lowest BCUT2D eigenvalue weighted by atomic mass is 10.0. The third-order valence-electron chi connectivity index (χ3n) is 4.32. The molecule has 114 valence electrons. The summed E-state index contributed by atoms with van der Waals surface area (Å²) in [5, 5.41) is 12.1. The SMILES string of the molecule is CC(C)C(CCO)NC(=O)C1CSC2(C)CCC(=O)N12. The number of aliphatic hydroxyl groups is 1. The van der Waals surface area contributed by atoms with E-state index in [9.17, 15) is 9.59 Å². The van der Waals surface area contributed by atoms with Crippen LogP contribution in [0.2, 0.25) is 0 Å². The summed E-state index contributed by atoms with van der Waals surface area (Å²) in [7, 11) is 0. The molecule has 20 heavy (non-hydrogen) atoms. The molecule has 3 unspecified atom stereocenters. The summed E-state index contributed by atoms with van der Waals surface area (Å²) in [4.78, 5) is 26.0. The average Bonchev–Trinajstić information content (AvgIpc) is 2.86. The van der Waals surface area contributed by atoms with Gasteiger partial charge in [-0.05, 0) is 25.7 Å². The largest absolute Gasteiger partial charge is 0.396 e. The first kappa shape index (κ1) is 15.6. The molecule has 3 atom stereocenters. The monoisotopic (exact) mass is 300 g/mol. The number of fused-ring (bicyclic) bond motifs is 1. The second-order valence-corrected chi connectivity index (χ2v) is 7.64. The quantitative estimate of drug-likeness (QED) is 0.793. The first-order valence-corrected chi connectivity index (χ1v) is 8.25. The van der Waals surface area contributed by atoms with E-state index in [0.29, 0.717) is 18.6 Å². The predicted octanol–water partition coefficient (Wildman–Crippen LogP) is 0.964. The molecule has 2 heterocycles. The van der Waals surface area contributed by atoms with Crippen LogP contribution in [0, 0.1) is 5.92 Å². The van der Waals surface area contributed by atoms with Gasteiger partial charge in [0, 0.05) is 24.8 Å². The standard InChI is InChI=1S/C14H24N2O3S/c1-9(2)10(5-7-17)15-13(19)11-8-20-14(3)6-4-12(18)16(11)14/h9-11,17H,4-8H2,1-3H3,(H,15,19). The van der Waals surface area contributed by atoms with Crippen molar-refractivity contribution in [1.29, 1.82) is 0 Å². The highest BCUT2D eigenvalue weighted by Gasteiger charge is 2.53. The van der Waals surface area contributed by atoms with Crippen LogP contribution in [-0.2, 0) is 9.59 Å². The summed E-state index contributed by atoms with van der Waals surface area (Å²) in [6, 6.07) is -0.401. The molecule has 0 aromatic carbocycles. The van der Waals surface area contributed by atoms with Crippen LogP contribution < -0.4 is 5.32 Å². The van der Waals surface area contributed by atoms with E-state index in [1.54, 1.807) is 16.7 Å². The van der Waals surface area contributed by atoms with Gasteiger partial charge in [0.15, 0.2) is 0 Å². The number of aliphatic hydroxyl groups excluding tert-OH is 1. The minimum Gasteiger partial charge on any atom is -0.396 e. The van der Waals surface area contributed by atoms with E-state index in [0.717, 1.165) is 6.42 Å². The molecule has 0 spiro atoms. The minimum atomic E-state index is -0.361. The van der Waals surface area contributed by atoms with Crippen LogP contribution in [0.25, 0.3) is 0 Å². The smallest absolute Gasteiger partial charge is 0.243 e. The van der Waals surface area contributed by atoms with E-state index >= 15 is 0 Å². The Kier molecular flexibility index (Phi) is 4.64. The topological polar surface area (TPSA) is 69.6 Å². The van der Waals surface area contributed by atoms with Crippen LogP contribution in [0.15, 0.2) is 0 Å². The van der Waals surface area contributed by atoms with E-state index in [2.05, 4.69) is 5.32 Å². The van der Waals surface area contributed by atoms with Crippen LogP contribution in [0.3, 0.4) is 0 Å². The van der Waals surface area contributed by atoms with Gasteiger partial charge in [-0.3, -0.25) is 9.59 Å². The molecule has 0 radical (unpaired) electrons. The number of thioether (sulfide) groups is 1. The molecule has 0 saturated carbocycles. The van der Waals surface area contributed by atoms with Gasteiger partial charge in [-0.15, -0.1) is 11.8 Å². The van der Waals surface area contributed by atoms with Crippen molar-refractivity contribution in [2.75, 3.05) is 12.4 Å². The molecule has 5 nitrogen and oxygen atoms in total. The van der Waals surface area contributed by atoms with Gasteiger partial charge in [0.05, 0.1) is 4.87 Å². The fraction of sp³-hybridized carbons (Fsp3) is 0.857. The van der Waals surface area contributed by atoms with Crippen molar-refractivity contribution in [3.8, 4) is 0 Å². The third kappa shape index (κ3) is 2.81. The predicted molar refractivity (Wildman–Crippen MR) is 79.2 cm³/mol. The number of nitrogens with one attached hydrogen (secondary N) is 1.